The zero-order chi connectivity index (χ0) is 27.5. The minimum atomic E-state index is -0.351. The minimum absolute atomic E-state index is 0.351. The molecule has 4 nitrogen and oxygen atoms in total. The Bertz CT molecular complexity index is 1200. The molecular formula is C35H44O4. The summed E-state index contributed by atoms with van der Waals surface area (Å²) in [5, 5.41) is 0. The van der Waals surface area contributed by atoms with Gasteiger partial charge in [0.2, 0.25) is 0 Å². The fraction of sp³-hybridized carbons (Fsp3) is 0.457. The van der Waals surface area contributed by atoms with Crippen LogP contribution in [0.15, 0.2) is 60.7 Å². The highest BCUT2D eigenvalue weighted by Gasteiger charge is 2.21. The molecule has 3 aromatic carbocycles. The molecule has 0 fully saturated rings. The van der Waals surface area contributed by atoms with Crippen molar-refractivity contribution in [2.24, 2.45) is 5.92 Å². The molecule has 1 unspecified atom stereocenters. The Morgan fingerprint density at radius 3 is 2.05 bits per heavy atom. The van der Waals surface area contributed by atoms with Gasteiger partial charge < -0.3 is 14.2 Å². The molecule has 0 amide bonds. The maximum atomic E-state index is 12.9. The van der Waals surface area contributed by atoms with E-state index in [4.69, 9.17) is 14.2 Å². The second-order valence-electron chi connectivity index (χ2n) is 10.9. The maximum Gasteiger partial charge on any atom is 0.343 e. The summed E-state index contributed by atoms with van der Waals surface area (Å²) in [5.41, 5.74) is 5.35. The molecule has 1 aliphatic carbocycles. The summed E-state index contributed by atoms with van der Waals surface area (Å²) in [6, 6.07) is 19.5. The summed E-state index contributed by atoms with van der Waals surface area (Å²) in [5.74, 6) is 2.38. The Morgan fingerprint density at radius 1 is 0.718 bits per heavy atom. The van der Waals surface area contributed by atoms with Crippen molar-refractivity contribution in [1.82, 2.24) is 0 Å². The first-order chi connectivity index (χ1) is 19.1. The van der Waals surface area contributed by atoms with Gasteiger partial charge >= 0.3 is 5.97 Å². The van der Waals surface area contributed by atoms with Gasteiger partial charge in [0, 0.05) is 0 Å². The summed E-state index contributed by atoms with van der Waals surface area (Å²) in [6.45, 7) is 8.02. The van der Waals surface area contributed by atoms with E-state index in [9.17, 15) is 4.79 Å². The van der Waals surface area contributed by atoms with E-state index in [1.54, 1.807) is 12.1 Å². The Hall–Kier alpha value is -3.27. The summed E-state index contributed by atoms with van der Waals surface area (Å²) in [6.07, 6.45) is 12.2. The highest BCUT2D eigenvalue weighted by Crippen LogP contribution is 2.39. The molecule has 1 aliphatic rings. The van der Waals surface area contributed by atoms with Crippen LogP contribution < -0.4 is 14.2 Å². The van der Waals surface area contributed by atoms with Crippen molar-refractivity contribution < 1.29 is 19.0 Å². The Kier molecular flexibility index (Phi) is 10.9. The number of esters is 1. The molecule has 1 atom stereocenters. The molecule has 0 heterocycles. The fourth-order valence-electron chi connectivity index (χ4n) is 4.96. The number of ether oxygens (including phenoxy) is 3. The van der Waals surface area contributed by atoms with Crippen molar-refractivity contribution in [2.45, 2.75) is 85.0 Å². The summed E-state index contributed by atoms with van der Waals surface area (Å²) >= 11 is 0. The first kappa shape index (κ1) is 28.7. The summed E-state index contributed by atoms with van der Waals surface area (Å²) in [4.78, 5) is 12.9. The summed E-state index contributed by atoms with van der Waals surface area (Å²) in [7, 11) is 0. The van der Waals surface area contributed by atoms with Gasteiger partial charge in [-0.1, -0.05) is 84.3 Å². The zero-order valence-electron chi connectivity index (χ0n) is 24.0. The van der Waals surface area contributed by atoms with Crippen molar-refractivity contribution >= 4 is 5.97 Å². The molecule has 208 valence electrons. The largest absolute Gasteiger partial charge is 0.494 e. The van der Waals surface area contributed by atoms with Crippen LogP contribution in [0.4, 0.5) is 0 Å². The van der Waals surface area contributed by atoms with Gasteiger partial charge in [-0.2, -0.15) is 0 Å². The topological polar surface area (TPSA) is 44.8 Å². The van der Waals surface area contributed by atoms with Crippen LogP contribution in [-0.2, 0) is 6.42 Å². The molecule has 0 aromatic heterocycles. The number of hydrogen-bond donors (Lipinski definition) is 0. The molecule has 4 rings (SSSR count). The monoisotopic (exact) mass is 528 g/mol. The predicted octanol–water partition coefficient (Wildman–Crippen LogP) is 9.42. The van der Waals surface area contributed by atoms with E-state index in [-0.39, 0.29) is 5.97 Å². The number of unbranched alkanes of at least 4 members (excludes halogenated alkanes) is 7. The average Bonchev–Trinajstić information content (AvgIpc) is 3.32. The van der Waals surface area contributed by atoms with Gasteiger partial charge in [0.05, 0.1) is 18.8 Å². The zero-order valence-corrected chi connectivity index (χ0v) is 24.0. The van der Waals surface area contributed by atoms with E-state index in [0.29, 0.717) is 23.8 Å². The average molecular weight is 529 g/mol. The van der Waals surface area contributed by atoms with Crippen LogP contribution in [0.3, 0.4) is 0 Å². The molecule has 0 spiro atoms. The second kappa shape index (κ2) is 14.8. The van der Waals surface area contributed by atoms with Gasteiger partial charge in [-0.05, 0) is 89.5 Å². The highest BCUT2D eigenvalue weighted by atomic mass is 16.5. The molecule has 39 heavy (non-hydrogen) atoms. The molecule has 3 aromatic rings. The first-order valence-electron chi connectivity index (χ1n) is 14.9. The lowest BCUT2D eigenvalue weighted by atomic mass is 10.0. The van der Waals surface area contributed by atoms with Gasteiger partial charge in [0.15, 0.2) is 0 Å². The van der Waals surface area contributed by atoms with Gasteiger partial charge in [-0.3, -0.25) is 0 Å². The van der Waals surface area contributed by atoms with E-state index < -0.39 is 0 Å². The molecule has 0 bridgehead atoms. The Balaban J connectivity index is 1.26. The van der Waals surface area contributed by atoms with Gasteiger partial charge in [-0.15, -0.1) is 0 Å². The van der Waals surface area contributed by atoms with E-state index in [1.807, 2.05) is 30.3 Å². The molecule has 0 aliphatic heterocycles. The van der Waals surface area contributed by atoms with Crippen LogP contribution >= 0.6 is 0 Å². The van der Waals surface area contributed by atoms with Crippen LogP contribution in [0, 0.1) is 5.92 Å². The third-order valence-electron chi connectivity index (χ3n) is 7.62. The number of carbonyl (C=O) groups is 1. The molecule has 0 saturated carbocycles. The van der Waals surface area contributed by atoms with Crippen LogP contribution in [0.5, 0.6) is 17.2 Å². The Labute approximate surface area is 234 Å². The fourth-order valence-corrected chi connectivity index (χ4v) is 4.96. The van der Waals surface area contributed by atoms with Crippen LogP contribution in [-0.4, -0.2) is 19.2 Å². The summed E-state index contributed by atoms with van der Waals surface area (Å²) < 4.78 is 17.5. The number of fused-ring (bicyclic) bond motifs is 3. The normalized spacial score (nSPS) is 12.5. The standard InChI is InChI=1S/C35H44O4/c1-4-6-7-8-9-10-11-12-21-37-32-18-20-34-29(24-32)23-28-22-27(13-19-33(28)34)35(36)39-31-16-14-30(15-17-31)38-25-26(3)5-2/h13-20,22,24,26H,4-12,21,23,25H2,1-3H3. The van der Waals surface area contributed by atoms with Crippen LogP contribution in [0.2, 0.25) is 0 Å². The molecule has 4 heteroatoms. The molecule has 0 radical (unpaired) electrons. The lowest BCUT2D eigenvalue weighted by Gasteiger charge is -2.11. The number of rotatable bonds is 16. The number of benzene rings is 3. The van der Waals surface area contributed by atoms with Crippen molar-refractivity contribution in [2.75, 3.05) is 13.2 Å². The Morgan fingerprint density at radius 2 is 1.33 bits per heavy atom. The van der Waals surface area contributed by atoms with Crippen molar-refractivity contribution in [1.29, 1.82) is 0 Å². The van der Waals surface area contributed by atoms with Crippen molar-refractivity contribution in [3.63, 3.8) is 0 Å². The van der Waals surface area contributed by atoms with Gasteiger partial charge in [0.25, 0.3) is 0 Å². The minimum Gasteiger partial charge on any atom is -0.494 e. The molecule has 0 N–H and O–H groups in total. The quantitative estimate of drug-likeness (QED) is 0.0825. The lowest BCUT2D eigenvalue weighted by Crippen LogP contribution is -2.09. The number of carbonyl (C=O) groups excluding carboxylic acids is 1. The predicted molar refractivity (Wildman–Crippen MR) is 159 cm³/mol. The number of hydrogen-bond acceptors (Lipinski definition) is 4. The first-order valence-corrected chi connectivity index (χ1v) is 14.9. The third-order valence-corrected chi connectivity index (χ3v) is 7.62. The van der Waals surface area contributed by atoms with Crippen molar-refractivity contribution in [3.8, 4) is 28.4 Å². The second-order valence-corrected chi connectivity index (χ2v) is 10.9. The lowest BCUT2D eigenvalue weighted by molar-refractivity contribution is 0.0734. The van der Waals surface area contributed by atoms with E-state index >= 15 is 0 Å². The van der Waals surface area contributed by atoms with Gasteiger partial charge in [0.1, 0.15) is 17.2 Å². The molecule has 0 saturated heterocycles. The van der Waals surface area contributed by atoms with Crippen LogP contribution in [0.25, 0.3) is 11.1 Å². The van der Waals surface area contributed by atoms with Crippen molar-refractivity contribution in [3.05, 3.63) is 77.4 Å². The highest BCUT2D eigenvalue weighted by molar-refractivity contribution is 5.93. The maximum absolute atomic E-state index is 12.9. The van der Waals surface area contributed by atoms with E-state index in [0.717, 1.165) is 42.9 Å². The van der Waals surface area contributed by atoms with E-state index in [2.05, 4.69) is 39.0 Å². The molecular weight excluding hydrogens is 484 g/mol. The smallest absolute Gasteiger partial charge is 0.343 e. The van der Waals surface area contributed by atoms with Gasteiger partial charge in [-0.25, -0.2) is 4.79 Å². The SMILES string of the molecule is CCCCCCCCCCOc1ccc2c(c1)Cc1cc(C(=O)Oc3ccc(OCC(C)CC)cc3)ccc1-2. The van der Waals surface area contributed by atoms with E-state index in [1.165, 1.54) is 61.6 Å². The van der Waals surface area contributed by atoms with Crippen LogP contribution in [0.1, 0.15) is 100 Å². The third kappa shape index (κ3) is 8.36.